The summed E-state index contributed by atoms with van der Waals surface area (Å²) in [5.74, 6) is -7.52. The minimum atomic E-state index is -4.66. The predicted octanol–water partition coefficient (Wildman–Crippen LogP) is 6.75. The number of amides is 10. The lowest BCUT2D eigenvalue weighted by Crippen LogP contribution is -2.62. The number of urea groups is 2. The number of benzene rings is 1. The molecule has 8 N–H and O–H groups in total. The van der Waals surface area contributed by atoms with E-state index in [0.29, 0.717) is 30.6 Å². The third kappa shape index (κ3) is 21.1. The van der Waals surface area contributed by atoms with Crippen molar-refractivity contribution in [1.29, 1.82) is 0 Å². The van der Waals surface area contributed by atoms with E-state index >= 15 is 0 Å². The third-order valence-electron chi connectivity index (χ3n) is 20.5. The topological polar surface area (TPSA) is 335 Å². The predicted molar refractivity (Wildman–Crippen MR) is 368 cm³/mol. The molecule has 0 aromatic heterocycles. The fourth-order valence-corrected chi connectivity index (χ4v) is 13.9. The quantitative estimate of drug-likeness (QED) is 0.0210. The van der Waals surface area contributed by atoms with Gasteiger partial charge in [0.2, 0.25) is 35.2 Å². The van der Waals surface area contributed by atoms with Gasteiger partial charge in [-0.2, -0.15) is 13.2 Å². The molecule has 6 aliphatic rings. The Morgan fingerprint density at radius 3 is 1.34 bits per heavy atom. The summed E-state index contributed by atoms with van der Waals surface area (Å²) in [5.41, 5.74) is -1.54. The molecule has 0 radical (unpaired) electrons. The number of esters is 2. The van der Waals surface area contributed by atoms with Crippen molar-refractivity contribution in [3.8, 4) is 5.75 Å². The molecule has 2 aliphatic heterocycles. The highest BCUT2D eigenvalue weighted by Gasteiger charge is 2.71. The van der Waals surface area contributed by atoms with Crippen LogP contribution in [0.1, 0.15) is 161 Å². The smallest absolute Gasteiger partial charge is 0.389 e. The van der Waals surface area contributed by atoms with Gasteiger partial charge in [0.05, 0.1) is 19.2 Å². The van der Waals surface area contributed by atoms with Gasteiger partial charge < -0.3 is 66.5 Å². The van der Waals surface area contributed by atoms with Crippen LogP contribution in [0.3, 0.4) is 0 Å². The number of halogens is 3. The maximum atomic E-state index is 14.3. The molecule has 2 saturated heterocycles. The number of alkyl halides is 3. The molecule has 4 aliphatic carbocycles. The number of fused-ring (bicyclic) bond motifs is 2. The standard InChI is InChI=1S/C37H55N5O8.C36H54F3N5O7/c1-11-13-25(29(43)32(45)38-18-12-2)39-31(44)28-26-24(37(26,8)9)19-42(28)33(46)30(36(5,6)7)41-35(48)40-27(21(3)4)34(47)50-20-22-14-16-23(49-10)17-15-22;1-9-16-40-30(47)26(45)22(14-15-36(37,38)39)41-29(46)25-23-21(35(23,7)8)17-44(25)31(48)28(34(4,5)6)43-33(50)42-24(18(2)3)32(49)51-27(19-10-11-19)20-12-13-20/h12,14-17,21,24-28,30H,2,11,13,18-20H2,1,3-10H3,(H,38,45)(H,39,44)(H2,40,41,48);9,18-25,27-28H,1,10-17H2,2-8H3,(H,40,47)(H,41,46)(H2,42,43,50)/t24-,25?,26-,27-,28-,30+;21-,22?,23-,24-,25-,28+/m00/s1. The number of ketones is 2. The SMILES string of the molecule is C=CCNC(=O)C(=O)C(CCC(F)(F)F)NC(=O)[C@@H]1[C@@H]2[C@H](CN1C(=O)[C@@H](NC(=O)N[C@H](C(=O)OC(C1CC1)C1CC1)C(C)C)C(C)(C)C)C2(C)C.C=CCNC(=O)C(=O)C(CCC)NC(=O)[C@@H]1[C@@H]2[C@H](CN1C(=O)[C@@H](NC(=O)N[C@H](C(=O)OCc1ccc(OC)cc1)C(C)C)C(C)(C)C)C2(C)C. The van der Waals surface area contributed by atoms with Crippen molar-refractivity contribution < 1.29 is 84.9 Å². The number of carbonyl (C=O) groups excluding carboxylic acids is 12. The molecule has 6 fully saturated rings. The fraction of sp³-hybridized carbons (Fsp3) is 0.699. The van der Waals surface area contributed by atoms with Gasteiger partial charge >= 0.3 is 30.2 Å². The van der Waals surface area contributed by atoms with E-state index in [9.17, 15) is 70.7 Å². The molecule has 1 aromatic rings. The van der Waals surface area contributed by atoms with Gasteiger partial charge in [0.1, 0.15) is 54.7 Å². The number of methoxy groups -OCH3 is 1. The largest absolute Gasteiger partial charge is 0.497 e. The summed E-state index contributed by atoms with van der Waals surface area (Å²) in [6.07, 6.45) is 0.435. The molecule has 1 aromatic carbocycles. The van der Waals surface area contributed by atoms with Gasteiger partial charge in [-0.3, -0.25) is 38.4 Å². The first-order valence-corrected chi connectivity index (χ1v) is 35.2. The highest BCUT2D eigenvalue weighted by Crippen LogP contribution is 2.66. The van der Waals surface area contributed by atoms with Gasteiger partial charge in [0, 0.05) is 32.6 Å². The summed E-state index contributed by atoms with van der Waals surface area (Å²) in [6.45, 7) is 34.8. The molecule has 562 valence electrons. The van der Waals surface area contributed by atoms with Crippen LogP contribution in [0.4, 0.5) is 22.8 Å². The van der Waals surface area contributed by atoms with Crippen LogP contribution in [0.15, 0.2) is 49.6 Å². The molecule has 101 heavy (non-hydrogen) atoms. The number of nitrogens with zero attached hydrogens (tertiary/aromatic N) is 2. The summed E-state index contributed by atoms with van der Waals surface area (Å²) in [6, 6.07) is -3.62. The second-order valence-corrected chi connectivity index (χ2v) is 31.9. The van der Waals surface area contributed by atoms with Crippen molar-refractivity contribution in [2.45, 2.75) is 222 Å². The molecule has 4 saturated carbocycles. The van der Waals surface area contributed by atoms with E-state index in [-0.39, 0.29) is 79.7 Å². The van der Waals surface area contributed by atoms with Crippen molar-refractivity contribution in [3.05, 3.63) is 55.1 Å². The van der Waals surface area contributed by atoms with Gasteiger partial charge in [0.25, 0.3) is 11.8 Å². The second-order valence-electron chi connectivity index (χ2n) is 31.9. The molecule has 7 rings (SSSR count). The molecule has 25 nitrogen and oxygen atoms in total. The van der Waals surface area contributed by atoms with E-state index in [0.717, 1.165) is 31.2 Å². The Bertz CT molecular complexity index is 3230. The molecule has 0 bridgehead atoms. The van der Waals surface area contributed by atoms with Crippen molar-refractivity contribution in [1.82, 2.24) is 52.3 Å². The average molecular weight is 1420 g/mol. The van der Waals surface area contributed by atoms with Crippen LogP contribution < -0.4 is 47.3 Å². The van der Waals surface area contributed by atoms with Crippen molar-refractivity contribution in [3.63, 3.8) is 0 Å². The Labute approximate surface area is 591 Å². The minimum Gasteiger partial charge on any atom is -0.497 e. The number of carbonyl (C=O) groups is 12. The van der Waals surface area contributed by atoms with E-state index in [4.69, 9.17) is 14.2 Å². The maximum Gasteiger partial charge on any atom is 0.389 e. The zero-order valence-electron chi connectivity index (χ0n) is 61.5. The van der Waals surface area contributed by atoms with Gasteiger partial charge in [-0.05, 0) is 125 Å². The molecule has 12 atom stereocenters. The van der Waals surface area contributed by atoms with E-state index in [1.54, 1.807) is 101 Å². The van der Waals surface area contributed by atoms with Crippen LogP contribution in [0, 0.1) is 69.0 Å². The highest BCUT2D eigenvalue weighted by atomic mass is 19.4. The third-order valence-corrected chi connectivity index (χ3v) is 20.5. The Morgan fingerprint density at radius 2 is 0.990 bits per heavy atom. The zero-order valence-corrected chi connectivity index (χ0v) is 61.5. The van der Waals surface area contributed by atoms with E-state index < -0.39 is 155 Å². The first-order chi connectivity index (χ1) is 47.0. The van der Waals surface area contributed by atoms with Crippen LogP contribution in [-0.2, 0) is 64.0 Å². The zero-order chi connectivity index (χ0) is 75.8. The number of piperidine rings is 2. The minimum absolute atomic E-state index is 0.000249. The molecule has 10 amide bonds. The highest BCUT2D eigenvalue weighted by molar-refractivity contribution is 6.39. The maximum absolute atomic E-state index is 14.3. The normalized spacial score (nSPS) is 22.5. The Kier molecular flexibility index (Phi) is 27.1. The number of Topliss-reactive ketones (excluding diaryl/α,β-unsaturated/α-hetero) is 2. The Balaban J connectivity index is 0.000000318. The first kappa shape index (κ1) is 81.9. The van der Waals surface area contributed by atoms with E-state index in [1.165, 1.54) is 22.0 Å². The molecule has 2 heterocycles. The van der Waals surface area contributed by atoms with Crippen LogP contribution in [0.5, 0.6) is 5.75 Å². The summed E-state index contributed by atoms with van der Waals surface area (Å²) >= 11 is 0. The number of hydrogen-bond donors (Lipinski definition) is 8. The number of hydrogen-bond acceptors (Lipinski definition) is 15. The van der Waals surface area contributed by atoms with E-state index in [1.807, 2.05) is 34.6 Å². The molecular formula is C73H109F3N10O15. The lowest BCUT2D eigenvalue weighted by Gasteiger charge is -2.38. The number of likely N-dealkylation sites (tertiary alicyclic amines) is 2. The summed E-state index contributed by atoms with van der Waals surface area (Å²) in [4.78, 5) is 163. The molecule has 2 unspecified atom stereocenters. The van der Waals surface area contributed by atoms with Crippen molar-refractivity contribution in [2.24, 2.45) is 69.0 Å². The monoisotopic (exact) mass is 1420 g/mol. The number of rotatable bonds is 32. The Hall–Kier alpha value is -8.07. The van der Waals surface area contributed by atoms with Gasteiger partial charge in [0.15, 0.2) is 0 Å². The van der Waals surface area contributed by atoms with Crippen LogP contribution >= 0.6 is 0 Å². The lowest BCUT2D eigenvalue weighted by molar-refractivity contribution is -0.155. The average Bonchev–Trinajstić information content (AvgIpc) is 1.53. The molecule has 0 spiro atoms. The summed E-state index contributed by atoms with van der Waals surface area (Å²) < 4.78 is 56.2. The van der Waals surface area contributed by atoms with E-state index in [2.05, 4.69) is 55.7 Å². The van der Waals surface area contributed by atoms with Crippen LogP contribution in [0.25, 0.3) is 0 Å². The van der Waals surface area contributed by atoms with Crippen molar-refractivity contribution in [2.75, 3.05) is 33.3 Å². The van der Waals surface area contributed by atoms with Gasteiger partial charge in [-0.25, -0.2) is 19.2 Å². The Morgan fingerprint density at radius 1 is 0.594 bits per heavy atom. The number of nitrogens with one attached hydrogen (secondary N) is 8. The molecule has 28 heteroatoms. The van der Waals surface area contributed by atoms with Gasteiger partial charge in [-0.1, -0.05) is 135 Å². The van der Waals surface area contributed by atoms with Crippen LogP contribution in [-0.4, -0.2) is 175 Å². The summed E-state index contributed by atoms with van der Waals surface area (Å²) in [7, 11) is 1.56. The first-order valence-electron chi connectivity index (χ1n) is 35.2. The summed E-state index contributed by atoms with van der Waals surface area (Å²) in [5, 5.41) is 20.7. The number of ether oxygens (including phenoxy) is 3. The fourth-order valence-electron chi connectivity index (χ4n) is 13.9. The second kappa shape index (κ2) is 33.4. The molecular weight excluding hydrogens is 1310 g/mol. The van der Waals surface area contributed by atoms with Gasteiger partial charge in [-0.15, -0.1) is 13.2 Å². The van der Waals surface area contributed by atoms with Crippen molar-refractivity contribution >= 4 is 71.0 Å². The van der Waals surface area contributed by atoms with Crippen LogP contribution in [0.2, 0.25) is 0 Å². The lowest BCUT2D eigenvalue weighted by atomic mass is 9.85.